The maximum absolute atomic E-state index is 14.3. The Kier molecular flexibility index (Phi) is 10.4. The van der Waals surface area contributed by atoms with Gasteiger partial charge in [0.25, 0.3) is 15.9 Å². The average Bonchev–Trinajstić information content (AvgIpc) is 3.72. The van der Waals surface area contributed by atoms with E-state index in [1.807, 2.05) is 29.0 Å². The molecule has 0 aliphatic carbocycles. The maximum atomic E-state index is 14.3. The second kappa shape index (κ2) is 14.6. The number of methoxy groups -OCH3 is 1. The lowest BCUT2D eigenvalue weighted by molar-refractivity contribution is -0.142. The van der Waals surface area contributed by atoms with Crippen molar-refractivity contribution in [2.24, 2.45) is 0 Å². The van der Waals surface area contributed by atoms with Crippen LogP contribution in [0.1, 0.15) is 32.9 Å². The van der Waals surface area contributed by atoms with Crippen molar-refractivity contribution in [3.63, 3.8) is 0 Å². The van der Waals surface area contributed by atoms with Crippen LogP contribution in [0.25, 0.3) is 10.1 Å². The Hall–Kier alpha value is -4.64. The van der Waals surface area contributed by atoms with E-state index in [9.17, 15) is 18.0 Å². The van der Waals surface area contributed by atoms with Crippen molar-refractivity contribution in [3.8, 4) is 6.07 Å². The summed E-state index contributed by atoms with van der Waals surface area (Å²) < 4.78 is 37.3. The number of nitriles is 1. The third-order valence-electron chi connectivity index (χ3n) is 7.30. The number of hydrogen-bond acceptors (Lipinski definition) is 9. The first-order chi connectivity index (χ1) is 22.2. The molecule has 0 radical (unpaired) electrons. The summed E-state index contributed by atoms with van der Waals surface area (Å²) in [4.78, 5) is 30.4. The molecule has 1 amide bonds. The van der Waals surface area contributed by atoms with E-state index in [4.69, 9.17) is 10.00 Å². The van der Waals surface area contributed by atoms with Gasteiger partial charge in [-0.1, -0.05) is 36.4 Å². The van der Waals surface area contributed by atoms with Gasteiger partial charge in [-0.2, -0.15) is 17.0 Å². The van der Waals surface area contributed by atoms with E-state index in [1.54, 1.807) is 84.9 Å². The molecule has 1 N–H and O–H groups in total. The molecule has 0 aliphatic rings. The van der Waals surface area contributed by atoms with E-state index in [2.05, 4.69) is 16.4 Å². The normalized spacial score (nSPS) is 11.9. The molecule has 1 unspecified atom stereocenters. The Bertz CT molecular complexity index is 1980. The van der Waals surface area contributed by atoms with Gasteiger partial charge in [-0.25, -0.2) is 18.2 Å². The highest BCUT2D eigenvalue weighted by Gasteiger charge is 2.29. The number of amides is 1. The molecule has 0 bridgehead atoms. The Balaban J connectivity index is 1.53. The van der Waals surface area contributed by atoms with Gasteiger partial charge in [-0.15, -0.1) is 11.3 Å². The monoisotopic (exact) mass is 673 g/mol. The lowest BCUT2D eigenvalue weighted by Gasteiger charge is -2.26. The van der Waals surface area contributed by atoms with Gasteiger partial charge in [-0.05, 0) is 66.5 Å². The Morgan fingerprint density at radius 2 is 1.87 bits per heavy atom. The van der Waals surface area contributed by atoms with Crippen LogP contribution in [0, 0.1) is 11.3 Å². The van der Waals surface area contributed by atoms with Crippen molar-refractivity contribution in [3.05, 3.63) is 113 Å². The summed E-state index contributed by atoms with van der Waals surface area (Å²) in [6, 6.07) is 23.6. The smallest absolute Gasteiger partial charge is 0.328 e. The molecule has 1 atom stereocenters. The maximum Gasteiger partial charge on any atom is 0.328 e. The first kappa shape index (κ1) is 32.7. The number of carbonyl (C=O) groups is 2. The first-order valence-corrected chi connectivity index (χ1v) is 17.9. The number of ether oxygens (including phenoxy) is 1. The van der Waals surface area contributed by atoms with E-state index in [-0.39, 0.29) is 11.4 Å². The van der Waals surface area contributed by atoms with E-state index >= 15 is 0 Å². The molecule has 13 heteroatoms. The molecule has 0 saturated carbocycles. The number of rotatable bonds is 13. The fourth-order valence-corrected chi connectivity index (χ4v) is 7.83. The minimum absolute atomic E-state index is 0.0386. The fourth-order valence-electron chi connectivity index (χ4n) is 4.90. The molecule has 0 aliphatic heterocycles. The number of fused-ring (bicyclic) bond motifs is 1. The number of nitrogens with one attached hydrogen (secondary N) is 1. The molecule has 2 heterocycles. The number of anilines is 1. The van der Waals surface area contributed by atoms with E-state index in [1.165, 1.54) is 22.8 Å². The number of nitrogens with zero attached hydrogens (tertiary/aromatic N) is 4. The molecular weight excluding hydrogens is 643 g/mol. The number of thiophene rings is 1. The van der Waals surface area contributed by atoms with Crippen molar-refractivity contribution >= 4 is 60.8 Å². The van der Waals surface area contributed by atoms with Gasteiger partial charge < -0.3 is 14.6 Å². The quantitative estimate of drug-likeness (QED) is 0.163. The zero-order valence-corrected chi connectivity index (χ0v) is 27.6. The highest BCUT2D eigenvalue weighted by Crippen LogP contribution is 2.37. The second-order valence-electron chi connectivity index (χ2n) is 10.3. The lowest BCUT2D eigenvalue weighted by atomic mass is 10.1. The SMILES string of the molecule is COC(=O)C(CCSC)NC(=O)c1cc2c(N(Cc3cncn3Cc3ccc(C#N)cc3)S(=O)(=O)c3ccccc3)cccc2s1. The summed E-state index contributed by atoms with van der Waals surface area (Å²) in [6.45, 7) is 0.383. The summed E-state index contributed by atoms with van der Waals surface area (Å²) >= 11 is 2.77. The highest BCUT2D eigenvalue weighted by atomic mass is 32.2. The summed E-state index contributed by atoms with van der Waals surface area (Å²) in [7, 11) is -2.80. The Morgan fingerprint density at radius 3 is 2.57 bits per heavy atom. The molecule has 5 rings (SSSR count). The average molecular weight is 674 g/mol. The van der Waals surface area contributed by atoms with Crippen molar-refractivity contribution in [1.82, 2.24) is 14.9 Å². The molecule has 5 aromatic rings. The lowest BCUT2D eigenvalue weighted by Crippen LogP contribution is -2.41. The predicted molar refractivity (Wildman–Crippen MR) is 180 cm³/mol. The van der Waals surface area contributed by atoms with Crippen LogP contribution in [0.4, 0.5) is 5.69 Å². The number of esters is 1. The molecule has 46 heavy (non-hydrogen) atoms. The number of benzene rings is 3. The molecule has 10 nitrogen and oxygen atoms in total. The number of aromatic nitrogens is 2. The van der Waals surface area contributed by atoms with E-state index in [0.717, 1.165) is 5.56 Å². The third-order valence-corrected chi connectivity index (χ3v) is 10.8. The van der Waals surface area contributed by atoms with Crippen LogP contribution in [0.2, 0.25) is 0 Å². The molecule has 0 spiro atoms. The molecular formula is C33H31N5O5S3. The van der Waals surface area contributed by atoms with Crippen LogP contribution in [-0.4, -0.2) is 55.0 Å². The Labute approximate surface area is 275 Å². The van der Waals surface area contributed by atoms with Gasteiger partial charge in [0, 0.05) is 22.8 Å². The number of thioether (sulfide) groups is 1. The van der Waals surface area contributed by atoms with Crippen LogP contribution in [0.15, 0.2) is 96.3 Å². The second-order valence-corrected chi connectivity index (χ2v) is 14.2. The molecule has 0 fully saturated rings. The van der Waals surface area contributed by atoms with Gasteiger partial charge in [0.05, 0.1) is 52.8 Å². The molecule has 236 valence electrons. The highest BCUT2D eigenvalue weighted by molar-refractivity contribution is 7.98. The van der Waals surface area contributed by atoms with E-state index < -0.39 is 27.9 Å². The zero-order valence-electron chi connectivity index (χ0n) is 25.1. The Morgan fingerprint density at radius 1 is 1.11 bits per heavy atom. The minimum atomic E-state index is -4.08. The fraction of sp³-hybridized carbons (Fsp3) is 0.212. The van der Waals surface area contributed by atoms with Gasteiger partial charge in [0.2, 0.25) is 0 Å². The van der Waals surface area contributed by atoms with Crippen LogP contribution in [0.3, 0.4) is 0 Å². The molecule has 3 aromatic carbocycles. The predicted octanol–water partition coefficient (Wildman–Crippen LogP) is 5.44. The number of sulfonamides is 1. The summed E-state index contributed by atoms with van der Waals surface area (Å²) in [5.41, 5.74) is 2.51. The van der Waals surface area contributed by atoms with Gasteiger partial charge in [0.15, 0.2) is 0 Å². The minimum Gasteiger partial charge on any atom is -0.467 e. The number of hydrogen-bond donors (Lipinski definition) is 1. The van der Waals surface area contributed by atoms with Crippen molar-refractivity contribution in [2.75, 3.05) is 23.4 Å². The van der Waals surface area contributed by atoms with Crippen LogP contribution in [0.5, 0.6) is 0 Å². The molecule has 0 saturated heterocycles. The summed E-state index contributed by atoms with van der Waals surface area (Å²) in [5.74, 6) is -0.312. The first-order valence-electron chi connectivity index (χ1n) is 14.2. The summed E-state index contributed by atoms with van der Waals surface area (Å²) in [5, 5.41) is 12.5. The topological polar surface area (TPSA) is 134 Å². The largest absolute Gasteiger partial charge is 0.467 e. The van der Waals surface area contributed by atoms with Crippen molar-refractivity contribution < 1.29 is 22.7 Å². The van der Waals surface area contributed by atoms with Crippen LogP contribution >= 0.6 is 23.1 Å². The number of imidazole rings is 1. The molecule has 2 aromatic heterocycles. The van der Waals surface area contributed by atoms with Gasteiger partial charge >= 0.3 is 5.97 Å². The van der Waals surface area contributed by atoms with Crippen molar-refractivity contribution in [2.45, 2.75) is 30.4 Å². The van der Waals surface area contributed by atoms with Gasteiger partial charge in [0.1, 0.15) is 6.04 Å². The standard InChI is InChI=1S/C33H31N5O5S3/c1-43-33(40)28(15-16-44-2)36-32(39)31-17-27-29(9-6-10-30(27)45-31)38(46(41,42)26-7-4-3-5-8-26)21-25-19-35-22-37(25)20-24-13-11-23(18-34)12-14-24/h3-14,17,19,22,28H,15-16,20-21H2,1-2H3,(H,36,39). The third kappa shape index (κ3) is 7.25. The van der Waals surface area contributed by atoms with Gasteiger partial charge in [-0.3, -0.25) is 9.10 Å². The van der Waals surface area contributed by atoms with Crippen molar-refractivity contribution in [1.29, 1.82) is 5.26 Å². The van der Waals surface area contributed by atoms with Crippen LogP contribution < -0.4 is 9.62 Å². The number of carbonyl (C=O) groups excluding carboxylic acids is 2. The summed E-state index contributed by atoms with van der Waals surface area (Å²) in [6.07, 6.45) is 5.60. The van der Waals surface area contributed by atoms with E-state index in [0.29, 0.717) is 50.6 Å². The van der Waals surface area contributed by atoms with Crippen LogP contribution in [-0.2, 0) is 32.6 Å². The zero-order chi connectivity index (χ0) is 32.7.